The minimum atomic E-state index is -0.550. The third-order valence-corrected chi connectivity index (χ3v) is 5.84. The largest absolute Gasteiger partial charge is 0.395 e. The van der Waals surface area contributed by atoms with Crippen molar-refractivity contribution in [1.82, 2.24) is 0 Å². The number of halogens is 4. The molecule has 0 unspecified atom stereocenters. The third kappa shape index (κ3) is 7.30. The summed E-state index contributed by atoms with van der Waals surface area (Å²) in [6, 6.07) is 16.9. The Hall–Kier alpha value is -0.380. The molecule has 0 fully saturated rings. The Morgan fingerprint density at radius 1 is 0.645 bits per heavy atom. The second-order valence-electron chi connectivity index (χ2n) is 7.91. The van der Waals surface area contributed by atoms with Gasteiger partial charge in [0.1, 0.15) is 18.5 Å². The number of aliphatic hydroxyl groups is 2. The zero-order valence-corrected chi connectivity index (χ0v) is 24.2. The Balaban J connectivity index is 0.00000225. The number of fused-ring (bicyclic) bond motifs is 2. The molecule has 0 radical (unpaired) electrons. The molecule has 4 nitrogen and oxygen atoms in total. The fraction of sp³-hybridized carbons (Fsp3) is 0.391. The first-order valence-electron chi connectivity index (χ1n) is 9.77. The average Bonchev–Trinajstić information content (AvgIpc) is 2.73. The number of nitrogens with zero attached hydrogens (tertiary/aromatic N) is 2. The molecule has 0 aromatic heterocycles. The summed E-state index contributed by atoms with van der Waals surface area (Å²) in [5, 5.41) is 20.4. The fourth-order valence-corrected chi connectivity index (χ4v) is 4.24. The molecule has 2 aromatic rings. The van der Waals surface area contributed by atoms with Crippen LogP contribution < -0.4 is 0 Å². The van der Waals surface area contributed by atoms with Gasteiger partial charge in [0, 0.05) is 24.0 Å². The van der Waals surface area contributed by atoms with Crippen LogP contribution in [0.5, 0.6) is 0 Å². The average molecular weight is 688 g/mol. The van der Waals surface area contributed by atoms with Gasteiger partial charge in [-0.05, 0) is 23.3 Å². The monoisotopic (exact) mass is 684 g/mol. The summed E-state index contributed by atoms with van der Waals surface area (Å²) in [6.45, 7) is 3.10. The van der Waals surface area contributed by atoms with E-state index in [-0.39, 0.29) is 81.1 Å². The van der Waals surface area contributed by atoms with E-state index in [2.05, 4.69) is 70.1 Å². The van der Waals surface area contributed by atoms with Crippen LogP contribution in [-0.4, -0.2) is 71.2 Å². The topological polar surface area (TPSA) is 46.5 Å². The van der Waals surface area contributed by atoms with Gasteiger partial charge >= 0.3 is 0 Å². The number of rotatable bonds is 6. The van der Waals surface area contributed by atoms with Gasteiger partial charge in [-0.1, -0.05) is 36.4 Å². The van der Waals surface area contributed by atoms with Gasteiger partial charge in [0.15, 0.2) is 25.5 Å². The smallest absolute Gasteiger partial charge is 0.170 e. The van der Waals surface area contributed by atoms with Crippen LogP contribution in [0.3, 0.4) is 0 Å². The summed E-state index contributed by atoms with van der Waals surface area (Å²) in [5.41, 5.74) is 4.67. The lowest BCUT2D eigenvalue weighted by molar-refractivity contribution is -0.580. The van der Waals surface area contributed by atoms with Crippen molar-refractivity contribution >= 4 is 80.4 Å². The van der Waals surface area contributed by atoms with Crippen LogP contribution in [0.25, 0.3) is 0 Å². The van der Waals surface area contributed by atoms with E-state index in [1.807, 2.05) is 0 Å². The van der Waals surface area contributed by atoms with Crippen molar-refractivity contribution in [3.8, 4) is 0 Å². The molecular weight excluding hydrogens is 656 g/mol. The highest BCUT2D eigenvalue weighted by molar-refractivity contribution is 8.93. The maximum atomic E-state index is 10.2. The Kier molecular flexibility index (Phi) is 13.8. The number of aliphatic hydroxyl groups excluding tert-OH is 2. The Labute approximate surface area is 226 Å². The molecule has 172 valence electrons. The molecule has 2 aliphatic rings. The summed E-state index contributed by atoms with van der Waals surface area (Å²) in [6.07, 6.45) is 6.36. The molecule has 0 saturated heterocycles. The van der Waals surface area contributed by atoms with Crippen molar-refractivity contribution in [2.45, 2.75) is 12.8 Å². The lowest BCUT2D eigenvalue weighted by atomic mass is 9.88. The molecule has 2 N–H and O–H groups in total. The van der Waals surface area contributed by atoms with Gasteiger partial charge in [-0.3, -0.25) is 0 Å². The lowest BCUT2D eigenvalue weighted by Gasteiger charge is -2.27. The van der Waals surface area contributed by atoms with Crippen LogP contribution in [0.4, 0.5) is 0 Å². The van der Waals surface area contributed by atoms with E-state index in [0.29, 0.717) is 13.1 Å². The molecule has 0 bridgehead atoms. The summed E-state index contributed by atoms with van der Waals surface area (Å²) >= 11 is 0. The van der Waals surface area contributed by atoms with Crippen LogP contribution in [0.2, 0.25) is 0 Å². The van der Waals surface area contributed by atoms with Crippen LogP contribution >= 0.6 is 67.9 Å². The number of benzene rings is 2. The van der Waals surface area contributed by atoms with Crippen molar-refractivity contribution in [2.75, 3.05) is 39.4 Å². The third-order valence-electron chi connectivity index (χ3n) is 5.84. The van der Waals surface area contributed by atoms with Gasteiger partial charge in [0.2, 0.25) is 0 Å². The molecule has 31 heavy (non-hydrogen) atoms. The highest BCUT2D eigenvalue weighted by Gasteiger charge is 2.40. The Morgan fingerprint density at radius 3 is 1.42 bits per heavy atom. The van der Waals surface area contributed by atoms with E-state index < -0.39 is 5.41 Å². The normalized spacial score (nSPS) is 14.1. The second-order valence-corrected chi connectivity index (χ2v) is 7.91. The van der Waals surface area contributed by atoms with Crippen LogP contribution in [-0.2, 0) is 12.8 Å². The molecule has 0 spiro atoms. The standard InChI is InChI=1S/C23H28N2O2.4BrH/c26-17-23(18-27,15-24-11-9-19-5-1-3-7-21(19)13-24)16-25-12-10-20-6-2-4-8-22(20)14-25;;;;/h1-8,13-14,26-27H,9-12,15-18H2;4*1H/q+2;;;;. The van der Waals surface area contributed by atoms with E-state index in [0.717, 1.165) is 25.9 Å². The van der Waals surface area contributed by atoms with E-state index in [4.69, 9.17) is 0 Å². The zero-order chi connectivity index (χ0) is 18.7. The van der Waals surface area contributed by atoms with Crippen molar-refractivity contribution < 1.29 is 19.4 Å². The molecule has 0 atom stereocenters. The lowest BCUT2D eigenvalue weighted by Crippen LogP contribution is -2.47. The highest BCUT2D eigenvalue weighted by atomic mass is 79.9. The quantitative estimate of drug-likeness (QED) is 0.456. The minimum Gasteiger partial charge on any atom is -0.395 e. The van der Waals surface area contributed by atoms with Crippen LogP contribution in [0.15, 0.2) is 48.5 Å². The predicted molar refractivity (Wildman–Crippen MR) is 149 cm³/mol. The second kappa shape index (κ2) is 14.0. The van der Waals surface area contributed by atoms with E-state index in [9.17, 15) is 10.2 Å². The maximum absolute atomic E-state index is 10.2. The molecular formula is C23H32Br4N2O2+2. The zero-order valence-electron chi connectivity index (χ0n) is 17.4. The molecule has 2 aromatic carbocycles. The van der Waals surface area contributed by atoms with Crippen molar-refractivity contribution in [2.24, 2.45) is 5.41 Å². The van der Waals surface area contributed by atoms with E-state index >= 15 is 0 Å². The maximum Gasteiger partial charge on any atom is 0.170 e. The van der Waals surface area contributed by atoms with E-state index in [1.165, 1.54) is 22.3 Å². The summed E-state index contributed by atoms with van der Waals surface area (Å²) in [4.78, 5) is 0. The number of hydrogen-bond acceptors (Lipinski definition) is 2. The first-order chi connectivity index (χ1) is 13.2. The van der Waals surface area contributed by atoms with Gasteiger partial charge in [0.05, 0.1) is 13.2 Å². The summed E-state index contributed by atoms with van der Waals surface area (Å²) < 4.78 is 4.51. The predicted octanol–water partition coefficient (Wildman–Crippen LogP) is 3.64. The number of hydrogen-bond donors (Lipinski definition) is 2. The van der Waals surface area contributed by atoms with Gasteiger partial charge in [-0.15, -0.1) is 67.9 Å². The highest BCUT2D eigenvalue weighted by Crippen LogP contribution is 2.21. The van der Waals surface area contributed by atoms with Gasteiger partial charge in [-0.2, -0.15) is 0 Å². The SMILES string of the molecule is Br.Br.Br.Br.OCC(CO)(C[N+]1=Cc2ccccc2CC1)C[N+]1=Cc2ccccc2CC1. The molecule has 0 aliphatic carbocycles. The van der Waals surface area contributed by atoms with Gasteiger partial charge in [-0.25, -0.2) is 9.15 Å². The Morgan fingerprint density at radius 2 is 1.03 bits per heavy atom. The molecule has 4 rings (SSSR count). The molecule has 0 amide bonds. The molecule has 8 heteroatoms. The van der Waals surface area contributed by atoms with Crippen LogP contribution in [0, 0.1) is 5.41 Å². The van der Waals surface area contributed by atoms with Crippen molar-refractivity contribution in [3.63, 3.8) is 0 Å². The minimum absolute atomic E-state index is 0. The summed E-state index contributed by atoms with van der Waals surface area (Å²) in [7, 11) is 0. The van der Waals surface area contributed by atoms with Crippen LogP contribution in [0.1, 0.15) is 22.3 Å². The van der Waals surface area contributed by atoms with Gasteiger partial charge < -0.3 is 10.2 Å². The first-order valence-corrected chi connectivity index (χ1v) is 9.77. The van der Waals surface area contributed by atoms with E-state index in [1.54, 1.807) is 0 Å². The molecule has 2 aliphatic heterocycles. The first kappa shape index (κ1) is 30.6. The fourth-order valence-electron chi connectivity index (χ4n) is 4.24. The Bertz CT molecular complexity index is 829. The van der Waals surface area contributed by atoms with Crippen molar-refractivity contribution in [3.05, 3.63) is 70.8 Å². The molecule has 0 saturated carbocycles. The van der Waals surface area contributed by atoms with Gasteiger partial charge in [0.25, 0.3) is 0 Å². The molecule has 2 heterocycles. The van der Waals surface area contributed by atoms with Crippen molar-refractivity contribution in [1.29, 1.82) is 0 Å². The summed E-state index contributed by atoms with van der Waals surface area (Å²) in [5.74, 6) is 0.